The first-order valence-electron chi connectivity index (χ1n) is 11.5. The van der Waals surface area contributed by atoms with Crippen molar-refractivity contribution in [1.29, 1.82) is 0 Å². The Labute approximate surface area is 169 Å². The maximum absolute atomic E-state index is 10.2. The van der Waals surface area contributed by atoms with Gasteiger partial charge in [0.25, 0.3) is 0 Å². The summed E-state index contributed by atoms with van der Waals surface area (Å²) < 4.78 is 2.33. The third-order valence-corrected chi connectivity index (χ3v) is 9.09. The Morgan fingerprint density at radius 1 is 1.07 bits per heavy atom. The van der Waals surface area contributed by atoms with Crippen LogP contribution in [0.4, 0.5) is 0 Å². The summed E-state index contributed by atoms with van der Waals surface area (Å²) in [6.07, 6.45) is 17.3. The highest BCUT2D eigenvalue weighted by atomic mass is 16.3. The first-order valence-corrected chi connectivity index (χ1v) is 11.5. The summed E-state index contributed by atoms with van der Waals surface area (Å²) in [4.78, 5) is 4.67. The molecule has 4 aliphatic carbocycles. The number of aliphatic hydroxyl groups excluding tert-OH is 1. The molecule has 0 bridgehead atoms. The lowest BCUT2D eigenvalue weighted by molar-refractivity contribution is -0.0249. The van der Waals surface area contributed by atoms with E-state index in [1.165, 1.54) is 43.5 Å². The number of allylic oxidation sites excluding steroid dienone is 3. The minimum atomic E-state index is -0.110. The minimum Gasteiger partial charge on any atom is -0.393 e. The van der Waals surface area contributed by atoms with E-state index >= 15 is 0 Å². The SMILES string of the molecule is CC(C)c1cn(C2=CCC3C4CC=C5C[C@@H](O)CC[C@]5(C)C4CC[C@]23C)cn1. The first kappa shape index (κ1) is 18.7. The number of nitrogens with zero attached hydrogens (tertiary/aromatic N) is 2. The summed E-state index contributed by atoms with van der Waals surface area (Å²) in [6.45, 7) is 9.48. The van der Waals surface area contributed by atoms with Crippen molar-refractivity contribution in [3.05, 3.63) is 35.9 Å². The van der Waals surface area contributed by atoms with Gasteiger partial charge in [0, 0.05) is 17.3 Å². The van der Waals surface area contributed by atoms with Gasteiger partial charge in [0.05, 0.1) is 18.1 Å². The molecule has 0 amide bonds. The van der Waals surface area contributed by atoms with Gasteiger partial charge in [-0.05, 0) is 74.0 Å². The van der Waals surface area contributed by atoms with Crippen LogP contribution in [-0.2, 0) is 0 Å². The van der Waals surface area contributed by atoms with Crippen LogP contribution in [0.1, 0.15) is 84.3 Å². The van der Waals surface area contributed by atoms with Crippen LogP contribution in [0.5, 0.6) is 0 Å². The average Bonchev–Trinajstić information content (AvgIpc) is 3.26. The van der Waals surface area contributed by atoms with Crippen LogP contribution in [0.15, 0.2) is 30.2 Å². The molecule has 28 heavy (non-hydrogen) atoms. The van der Waals surface area contributed by atoms with Gasteiger partial charge in [-0.25, -0.2) is 4.98 Å². The average molecular weight is 381 g/mol. The van der Waals surface area contributed by atoms with Gasteiger partial charge in [-0.15, -0.1) is 0 Å². The van der Waals surface area contributed by atoms with Crippen molar-refractivity contribution in [3.63, 3.8) is 0 Å². The van der Waals surface area contributed by atoms with Crippen molar-refractivity contribution in [3.8, 4) is 0 Å². The zero-order chi connectivity index (χ0) is 19.7. The van der Waals surface area contributed by atoms with Crippen LogP contribution in [0.25, 0.3) is 5.70 Å². The van der Waals surface area contributed by atoms with E-state index in [0.717, 1.165) is 30.6 Å². The van der Waals surface area contributed by atoms with Crippen LogP contribution < -0.4 is 0 Å². The predicted octanol–water partition coefficient (Wildman–Crippen LogP) is 5.78. The van der Waals surface area contributed by atoms with Crippen LogP contribution in [0, 0.1) is 28.6 Å². The van der Waals surface area contributed by atoms with Crippen molar-refractivity contribution in [1.82, 2.24) is 9.55 Å². The summed E-state index contributed by atoms with van der Waals surface area (Å²) in [5.74, 6) is 2.79. The molecule has 4 aliphatic rings. The van der Waals surface area contributed by atoms with Gasteiger partial charge in [0.2, 0.25) is 0 Å². The molecule has 152 valence electrons. The van der Waals surface area contributed by atoms with E-state index in [0.29, 0.717) is 11.3 Å². The monoisotopic (exact) mass is 380 g/mol. The smallest absolute Gasteiger partial charge is 0.0992 e. The van der Waals surface area contributed by atoms with Crippen molar-refractivity contribution >= 4 is 5.70 Å². The number of hydrogen-bond acceptors (Lipinski definition) is 2. The Kier molecular flexibility index (Phi) is 4.21. The lowest BCUT2D eigenvalue weighted by Crippen LogP contribution is -2.50. The molecule has 0 saturated heterocycles. The zero-order valence-electron chi connectivity index (χ0n) is 18.0. The highest BCUT2D eigenvalue weighted by Gasteiger charge is 2.57. The van der Waals surface area contributed by atoms with E-state index in [1.807, 2.05) is 6.33 Å². The van der Waals surface area contributed by atoms with Gasteiger partial charge in [-0.2, -0.15) is 0 Å². The Balaban J connectivity index is 1.45. The minimum absolute atomic E-state index is 0.110. The molecule has 1 N–H and O–H groups in total. The third-order valence-electron chi connectivity index (χ3n) is 9.09. The molecule has 0 spiro atoms. The van der Waals surface area contributed by atoms with Crippen molar-refractivity contribution in [2.45, 2.75) is 84.7 Å². The number of imidazole rings is 1. The van der Waals surface area contributed by atoms with E-state index in [1.54, 1.807) is 5.57 Å². The number of hydrogen-bond donors (Lipinski definition) is 1. The number of aliphatic hydroxyl groups is 1. The molecule has 1 aromatic heterocycles. The number of fused-ring (bicyclic) bond motifs is 5. The lowest BCUT2D eigenvalue weighted by Gasteiger charge is -2.57. The van der Waals surface area contributed by atoms with E-state index in [4.69, 9.17) is 0 Å². The van der Waals surface area contributed by atoms with Gasteiger partial charge in [0.15, 0.2) is 0 Å². The summed E-state index contributed by atoms with van der Waals surface area (Å²) in [5.41, 5.74) is 4.85. The van der Waals surface area contributed by atoms with E-state index in [2.05, 4.69) is 55.6 Å². The van der Waals surface area contributed by atoms with E-state index in [-0.39, 0.29) is 11.5 Å². The molecule has 1 heterocycles. The van der Waals surface area contributed by atoms with Crippen LogP contribution >= 0.6 is 0 Å². The normalized spacial score (nSPS) is 42.5. The fourth-order valence-corrected chi connectivity index (χ4v) is 7.35. The molecule has 6 atom stereocenters. The molecule has 0 aromatic carbocycles. The maximum atomic E-state index is 10.2. The highest BCUT2D eigenvalue weighted by molar-refractivity contribution is 5.57. The highest BCUT2D eigenvalue weighted by Crippen LogP contribution is 2.65. The van der Waals surface area contributed by atoms with Gasteiger partial charge < -0.3 is 9.67 Å². The molecule has 5 rings (SSSR count). The van der Waals surface area contributed by atoms with E-state index in [9.17, 15) is 5.11 Å². The van der Waals surface area contributed by atoms with Gasteiger partial charge >= 0.3 is 0 Å². The van der Waals surface area contributed by atoms with Crippen molar-refractivity contribution in [2.24, 2.45) is 28.6 Å². The molecular formula is C25H36N2O. The molecule has 1 aromatic rings. The molecule has 2 fully saturated rings. The largest absolute Gasteiger partial charge is 0.393 e. The molecule has 0 radical (unpaired) electrons. The van der Waals surface area contributed by atoms with Crippen LogP contribution in [0.2, 0.25) is 0 Å². The molecule has 3 nitrogen and oxygen atoms in total. The quantitative estimate of drug-likeness (QED) is 0.660. The Morgan fingerprint density at radius 2 is 1.86 bits per heavy atom. The van der Waals surface area contributed by atoms with Gasteiger partial charge in [-0.1, -0.05) is 45.4 Å². The third kappa shape index (κ3) is 2.54. The molecule has 2 saturated carbocycles. The Morgan fingerprint density at radius 3 is 2.61 bits per heavy atom. The molecule has 3 heteroatoms. The fourth-order valence-electron chi connectivity index (χ4n) is 7.35. The standard InChI is InChI=1S/C25H36N2O/c1-16(2)22-14-27(15-26-22)23-8-7-20-19-6-5-17-13-18(28)9-11-24(17,3)21(19)10-12-25(20,23)4/h5,8,14-16,18-21,28H,6-7,9-13H2,1-4H3/t18-,19?,20?,21?,24-,25-/m0/s1. The summed E-state index contributed by atoms with van der Waals surface area (Å²) >= 11 is 0. The maximum Gasteiger partial charge on any atom is 0.0992 e. The summed E-state index contributed by atoms with van der Waals surface area (Å²) in [5, 5.41) is 10.2. The van der Waals surface area contributed by atoms with Crippen LogP contribution in [-0.4, -0.2) is 20.8 Å². The second kappa shape index (κ2) is 6.32. The number of aromatic nitrogens is 2. The first-order chi connectivity index (χ1) is 13.3. The van der Waals surface area contributed by atoms with Gasteiger partial charge in [-0.3, -0.25) is 0 Å². The second-order valence-corrected chi connectivity index (χ2v) is 10.8. The Bertz CT molecular complexity index is 833. The predicted molar refractivity (Wildman–Crippen MR) is 114 cm³/mol. The summed E-state index contributed by atoms with van der Waals surface area (Å²) in [6, 6.07) is 0. The van der Waals surface area contributed by atoms with Crippen LogP contribution in [0.3, 0.4) is 0 Å². The fraction of sp³-hybridized carbons (Fsp3) is 0.720. The van der Waals surface area contributed by atoms with E-state index < -0.39 is 0 Å². The lowest BCUT2D eigenvalue weighted by atomic mass is 9.48. The zero-order valence-corrected chi connectivity index (χ0v) is 18.0. The van der Waals surface area contributed by atoms with Crippen molar-refractivity contribution < 1.29 is 5.11 Å². The second-order valence-electron chi connectivity index (χ2n) is 10.8. The molecular weight excluding hydrogens is 344 g/mol. The Hall–Kier alpha value is -1.35. The summed E-state index contributed by atoms with van der Waals surface area (Å²) in [7, 11) is 0. The van der Waals surface area contributed by atoms with Crippen molar-refractivity contribution in [2.75, 3.05) is 0 Å². The molecule has 0 aliphatic heterocycles. The number of rotatable bonds is 2. The van der Waals surface area contributed by atoms with Gasteiger partial charge in [0.1, 0.15) is 0 Å². The molecule has 3 unspecified atom stereocenters. The topological polar surface area (TPSA) is 38.0 Å².